The molecule has 0 bridgehead atoms. The maximum atomic E-state index is 12.1. The Kier molecular flexibility index (Phi) is 9.33. The van der Waals surface area contributed by atoms with Crippen molar-refractivity contribution in [2.45, 2.75) is 26.3 Å². The minimum Gasteiger partial charge on any atom is -0.367 e. The minimum absolute atomic E-state index is 0.0925. The maximum absolute atomic E-state index is 12.1. The number of alkyl halides is 3. The average molecular weight is 436 g/mol. The van der Waals surface area contributed by atoms with Crippen molar-refractivity contribution >= 4 is 11.9 Å². The van der Waals surface area contributed by atoms with E-state index in [1.165, 1.54) is 0 Å². The molecular weight excluding hydrogens is 409 g/mol. The average Bonchev–Trinajstić information content (AvgIpc) is 2.73. The summed E-state index contributed by atoms with van der Waals surface area (Å²) in [6.45, 7) is 1.99. The molecule has 9 heteroatoms. The molecule has 0 saturated heterocycles. The number of nitrogens with zero attached hydrogens (tertiary/aromatic N) is 1. The smallest absolute Gasteiger partial charge is 0.367 e. The summed E-state index contributed by atoms with van der Waals surface area (Å²) in [6.07, 6.45) is -4.32. The summed E-state index contributed by atoms with van der Waals surface area (Å²) in [5, 5.41) is 9.10. The number of ether oxygens (including phenoxy) is 1. The number of halogens is 3. The number of hydrogen-bond acceptors (Lipinski definition) is 3. The summed E-state index contributed by atoms with van der Waals surface area (Å²) in [5.74, 6) is 0.440. The maximum Gasteiger partial charge on any atom is 0.411 e. The van der Waals surface area contributed by atoms with Gasteiger partial charge in [-0.05, 0) is 30.2 Å². The van der Waals surface area contributed by atoms with Crippen molar-refractivity contribution in [2.24, 2.45) is 4.99 Å². The molecule has 6 nitrogen and oxygen atoms in total. The van der Waals surface area contributed by atoms with Crippen LogP contribution in [0.3, 0.4) is 0 Å². The van der Waals surface area contributed by atoms with E-state index in [0.717, 1.165) is 11.1 Å². The Morgan fingerprint density at radius 1 is 1.00 bits per heavy atom. The van der Waals surface area contributed by atoms with Gasteiger partial charge >= 0.3 is 6.18 Å². The molecule has 0 aliphatic carbocycles. The second-order valence-electron chi connectivity index (χ2n) is 6.90. The molecule has 0 aliphatic heterocycles. The van der Waals surface area contributed by atoms with E-state index in [9.17, 15) is 18.0 Å². The van der Waals surface area contributed by atoms with Crippen molar-refractivity contribution in [1.82, 2.24) is 16.0 Å². The van der Waals surface area contributed by atoms with Crippen molar-refractivity contribution in [3.05, 3.63) is 70.8 Å². The van der Waals surface area contributed by atoms with Gasteiger partial charge in [0.2, 0.25) is 0 Å². The number of aliphatic imine (C=N–C) groups is 1. The molecule has 2 rings (SSSR count). The fourth-order valence-corrected chi connectivity index (χ4v) is 2.69. The molecule has 3 N–H and O–H groups in total. The summed E-state index contributed by atoms with van der Waals surface area (Å²) in [6, 6.07) is 14.5. The number of carbonyl (C=O) groups is 1. The summed E-state index contributed by atoms with van der Waals surface area (Å²) in [4.78, 5) is 16.2. The van der Waals surface area contributed by atoms with Crippen molar-refractivity contribution < 1.29 is 22.7 Å². The molecule has 0 atom stereocenters. The summed E-state index contributed by atoms with van der Waals surface area (Å²) >= 11 is 0. The quantitative estimate of drug-likeness (QED) is 0.321. The van der Waals surface area contributed by atoms with Crippen LogP contribution < -0.4 is 16.0 Å². The van der Waals surface area contributed by atoms with Crippen LogP contribution in [-0.2, 0) is 17.9 Å². The lowest BCUT2D eigenvalue weighted by Gasteiger charge is -2.13. The van der Waals surface area contributed by atoms with Gasteiger partial charge in [0.05, 0.1) is 6.61 Å². The summed E-state index contributed by atoms with van der Waals surface area (Å²) in [7, 11) is 1.64. The van der Waals surface area contributed by atoms with Gasteiger partial charge in [-0.25, -0.2) is 0 Å². The number of benzene rings is 2. The van der Waals surface area contributed by atoms with Gasteiger partial charge in [-0.15, -0.1) is 0 Å². The third kappa shape index (κ3) is 9.52. The van der Waals surface area contributed by atoms with E-state index in [1.54, 1.807) is 25.2 Å². The van der Waals surface area contributed by atoms with Gasteiger partial charge in [-0.3, -0.25) is 9.79 Å². The third-order valence-electron chi connectivity index (χ3n) is 4.22. The van der Waals surface area contributed by atoms with Gasteiger partial charge in [0.1, 0.15) is 6.61 Å². The molecule has 0 fully saturated rings. The fourth-order valence-electron chi connectivity index (χ4n) is 2.69. The lowest BCUT2D eigenvalue weighted by atomic mass is 10.1. The molecule has 168 valence electrons. The normalized spacial score (nSPS) is 11.8. The Hall–Kier alpha value is -3.07. The molecule has 0 aromatic heterocycles. The van der Waals surface area contributed by atoms with Crippen LogP contribution in [0.15, 0.2) is 53.5 Å². The van der Waals surface area contributed by atoms with Crippen LogP contribution in [-0.4, -0.2) is 44.8 Å². The predicted molar refractivity (Wildman–Crippen MR) is 114 cm³/mol. The first-order valence-corrected chi connectivity index (χ1v) is 9.78. The number of nitrogens with one attached hydrogen (secondary N) is 3. The highest BCUT2D eigenvalue weighted by Crippen LogP contribution is 2.15. The van der Waals surface area contributed by atoms with E-state index in [1.807, 2.05) is 37.3 Å². The van der Waals surface area contributed by atoms with Gasteiger partial charge in [0.15, 0.2) is 5.96 Å². The number of rotatable bonds is 9. The zero-order valence-electron chi connectivity index (χ0n) is 17.6. The Labute approximate surface area is 179 Å². The SMILES string of the molecule is CN=C(NCCNC(=O)c1cccc(C)c1)NCc1ccc(COCC(F)(F)F)cc1. The molecule has 0 aliphatic rings. The second-order valence-corrected chi connectivity index (χ2v) is 6.90. The van der Waals surface area contributed by atoms with Crippen molar-refractivity contribution in [2.75, 3.05) is 26.7 Å². The number of hydrogen-bond donors (Lipinski definition) is 3. The number of carbonyl (C=O) groups excluding carboxylic acids is 1. The minimum atomic E-state index is -4.32. The first-order chi connectivity index (χ1) is 14.8. The standard InChI is InChI=1S/C22H27F3N4O2/c1-16-4-3-5-19(12-16)20(30)27-10-11-28-21(26-2)29-13-17-6-8-18(9-7-17)14-31-15-22(23,24)25/h3-9,12H,10-11,13-15H2,1-2H3,(H,27,30)(H2,26,28,29). The van der Waals surface area contributed by atoms with E-state index >= 15 is 0 Å². The van der Waals surface area contributed by atoms with Crippen molar-refractivity contribution in [3.8, 4) is 0 Å². The van der Waals surface area contributed by atoms with Crippen LogP contribution in [0.2, 0.25) is 0 Å². The van der Waals surface area contributed by atoms with Crippen LogP contribution in [0.4, 0.5) is 13.2 Å². The zero-order chi connectivity index (χ0) is 22.7. The Balaban J connectivity index is 1.68. The lowest BCUT2D eigenvalue weighted by molar-refractivity contribution is -0.176. The first-order valence-electron chi connectivity index (χ1n) is 9.78. The lowest BCUT2D eigenvalue weighted by Crippen LogP contribution is -2.41. The molecular formula is C22H27F3N4O2. The molecule has 0 radical (unpaired) electrons. The Morgan fingerprint density at radius 3 is 2.32 bits per heavy atom. The van der Waals surface area contributed by atoms with Gasteiger partial charge in [0, 0.05) is 32.2 Å². The molecule has 0 saturated carbocycles. The first kappa shape index (κ1) is 24.2. The van der Waals surface area contributed by atoms with Crippen molar-refractivity contribution in [1.29, 1.82) is 0 Å². The Bertz CT molecular complexity index is 868. The third-order valence-corrected chi connectivity index (χ3v) is 4.22. The second kappa shape index (κ2) is 11.9. The Morgan fingerprint density at radius 2 is 1.68 bits per heavy atom. The van der Waals surface area contributed by atoms with E-state index in [0.29, 0.717) is 36.7 Å². The van der Waals surface area contributed by atoms with Crippen LogP contribution in [0.1, 0.15) is 27.0 Å². The van der Waals surface area contributed by atoms with Gasteiger partial charge in [-0.2, -0.15) is 13.2 Å². The number of amides is 1. The monoisotopic (exact) mass is 436 g/mol. The molecule has 1 amide bonds. The van der Waals surface area contributed by atoms with Gasteiger partial charge in [0.25, 0.3) is 5.91 Å². The highest BCUT2D eigenvalue weighted by molar-refractivity contribution is 5.94. The number of guanidine groups is 1. The molecule has 0 spiro atoms. The molecule has 0 unspecified atom stereocenters. The molecule has 31 heavy (non-hydrogen) atoms. The largest absolute Gasteiger partial charge is 0.411 e. The van der Waals surface area contributed by atoms with Crippen LogP contribution in [0.25, 0.3) is 0 Å². The van der Waals surface area contributed by atoms with E-state index < -0.39 is 12.8 Å². The molecule has 2 aromatic carbocycles. The molecule has 2 aromatic rings. The van der Waals surface area contributed by atoms with E-state index in [2.05, 4.69) is 25.7 Å². The van der Waals surface area contributed by atoms with Gasteiger partial charge < -0.3 is 20.7 Å². The number of aryl methyl sites for hydroxylation is 1. The summed E-state index contributed by atoms with van der Waals surface area (Å²) < 4.78 is 41.0. The zero-order valence-corrected chi connectivity index (χ0v) is 17.6. The predicted octanol–water partition coefficient (Wildman–Crippen LogP) is 3.17. The van der Waals surface area contributed by atoms with E-state index in [4.69, 9.17) is 0 Å². The fraction of sp³-hybridized carbons (Fsp3) is 0.364. The molecule has 0 heterocycles. The highest BCUT2D eigenvalue weighted by atomic mass is 19.4. The van der Waals surface area contributed by atoms with Crippen LogP contribution >= 0.6 is 0 Å². The van der Waals surface area contributed by atoms with Crippen LogP contribution in [0, 0.1) is 6.92 Å². The van der Waals surface area contributed by atoms with Crippen molar-refractivity contribution in [3.63, 3.8) is 0 Å². The van der Waals surface area contributed by atoms with Gasteiger partial charge in [-0.1, -0.05) is 42.0 Å². The van der Waals surface area contributed by atoms with Crippen LogP contribution in [0.5, 0.6) is 0 Å². The summed E-state index contributed by atoms with van der Waals surface area (Å²) in [5.41, 5.74) is 3.25. The van der Waals surface area contributed by atoms with E-state index in [-0.39, 0.29) is 12.5 Å². The topological polar surface area (TPSA) is 74.8 Å². The highest BCUT2D eigenvalue weighted by Gasteiger charge is 2.27.